The molecule has 1 aromatic carbocycles. The molecule has 1 N–H and O–H groups in total. The molecule has 0 bridgehead atoms. The van der Waals surface area contributed by atoms with Gasteiger partial charge in [0.25, 0.3) is 0 Å². The SMILES string of the molecule is CCN(CCNS(C)(=O)=O)c1cccc(C)c1.[H-].[Na+]. The molecule has 0 amide bonds. The number of sulfonamides is 1. The predicted octanol–water partition coefficient (Wildman–Crippen LogP) is -1.51. The van der Waals surface area contributed by atoms with Gasteiger partial charge in [0.15, 0.2) is 0 Å². The first-order valence-electron chi connectivity index (χ1n) is 5.68. The average Bonchev–Trinajstić information content (AvgIpc) is 2.23. The Kier molecular flexibility index (Phi) is 8.14. The minimum absolute atomic E-state index is 0. The van der Waals surface area contributed by atoms with Crippen LogP contribution in [0.15, 0.2) is 24.3 Å². The Morgan fingerprint density at radius 2 is 2.06 bits per heavy atom. The molecule has 0 aromatic heterocycles. The fourth-order valence-electron chi connectivity index (χ4n) is 1.66. The van der Waals surface area contributed by atoms with Crippen LogP contribution >= 0.6 is 0 Å². The molecular weight excluding hydrogens is 259 g/mol. The Morgan fingerprint density at radius 3 is 2.56 bits per heavy atom. The summed E-state index contributed by atoms with van der Waals surface area (Å²) in [6, 6.07) is 8.20. The maximum absolute atomic E-state index is 11.0. The van der Waals surface area contributed by atoms with Gasteiger partial charge in [-0.05, 0) is 31.5 Å². The van der Waals surface area contributed by atoms with Gasteiger partial charge in [0, 0.05) is 25.3 Å². The molecule has 0 aliphatic heterocycles. The molecule has 0 saturated heterocycles. The van der Waals surface area contributed by atoms with Gasteiger partial charge in [-0.15, -0.1) is 0 Å². The van der Waals surface area contributed by atoms with E-state index in [-0.39, 0.29) is 31.0 Å². The van der Waals surface area contributed by atoms with Crippen LogP contribution in [-0.2, 0) is 10.0 Å². The van der Waals surface area contributed by atoms with Crippen molar-refractivity contribution in [3.05, 3.63) is 29.8 Å². The van der Waals surface area contributed by atoms with Gasteiger partial charge in [-0.1, -0.05) is 12.1 Å². The number of hydrogen-bond acceptors (Lipinski definition) is 3. The number of nitrogens with zero attached hydrogens (tertiary/aromatic N) is 1. The monoisotopic (exact) mass is 280 g/mol. The van der Waals surface area contributed by atoms with Crippen LogP contribution in [0.25, 0.3) is 0 Å². The second-order valence-electron chi connectivity index (χ2n) is 4.09. The third kappa shape index (κ3) is 6.75. The third-order valence-electron chi connectivity index (χ3n) is 2.49. The number of likely N-dealkylation sites (N-methyl/N-ethyl adjacent to an activating group) is 1. The third-order valence-corrected chi connectivity index (χ3v) is 3.22. The minimum atomic E-state index is -3.10. The molecule has 98 valence electrons. The van der Waals surface area contributed by atoms with E-state index in [2.05, 4.69) is 22.6 Å². The van der Waals surface area contributed by atoms with Gasteiger partial charge in [-0.3, -0.25) is 0 Å². The van der Waals surface area contributed by atoms with Crippen molar-refractivity contribution in [2.45, 2.75) is 13.8 Å². The Labute approximate surface area is 134 Å². The normalized spacial score (nSPS) is 10.8. The number of nitrogens with one attached hydrogen (secondary N) is 1. The molecule has 4 nitrogen and oxygen atoms in total. The van der Waals surface area contributed by atoms with Gasteiger partial charge in [0.05, 0.1) is 6.26 Å². The molecule has 0 unspecified atom stereocenters. The smallest absolute Gasteiger partial charge is 1.00 e. The standard InChI is InChI=1S/C12H20N2O2S.Na.H/c1-4-14(9-8-13-17(3,15)16)12-7-5-6-11(2)10-12;;/h5-7,10,13H,4,8-9H2,1-3H3;;/q;+1;-1. The van der Waals surface area contributed by atoms with E-state index >= 15 is 0 Å². The zero-order valence-corrected chi connectivity index (χ0v) is 14.4. The first-order chi connectivity index (χ1) is 7.92. The van der Waals surface area contributed by atoms with Crippen LogP contribution in [0, 0.1) is 6.92 Å². The number of aryl methyl sites for hydroxylation is 1. The van der Waals surface area contributed by atoms with Crippen LogP contribution in [-0.4, -0.2) is 34.3 Å². The van der Waals surface area contributed by atoms with Crippen molar-refractivity contribution in [1.82, 2.24) is 4.72 Å². The molecule has 1 aromatic rings. The number of benzene rings is 1. The summed E-state index contributed by atoms with van der Waals surface area (Å²) < 4.78 is 24.4. The summed E-state index contributed by atoms with van der Waals surface area (Å²) in [6.45, 7) is 6.07. The molecule has 0 atom stereocenters. The van der Waals surface area contributed by atoms with Crippen LogP contribution in [0.2, 0.25) is 0 Å². The Bertz CT molecular complexity index is 469. The van der Waals surface area contributed by atoms with E-state index in [0.29, 0.717) is 13.1 Å². The maximum Gasteiger partial charge on any atom is 1.00 e. The van der Waals surface area contributed by atoms with Crippen LogP contribution in [0.4, 0.5) is 5.69 Å². The topological polar surface area (TPSA) is 49.4 Å². The van der Waals surface area contributed by atoms with Crippen molar-refractivity contribution in [3.8, 4) is 0 Å². The zero-order chi connectivity index (χ0) is 12.9. The number of anilines is 1. The van der Waals surface area contributed by atoms with Crippen molar-refractivity contribution >= 4 is 15.7 Å². The quantitative estimate of drug-likeness (QED) is 0.645. The van der Waals surface area contributed by atoms with Gasteiger partial charge >= 0.3 is 29.6 Å². The number of rotatable bonds is 6. The molecular formula is C12H21N2NaO2S. The van der Waals surface area contributed by atoms with Crippen LogP contribution in [0.1, 0.15) is 13.9 Å². The minimum Gasteiger partial charge on any atom is -1.00 e. The zero-order valence-electron chi connectivity index (χ0n) is 12.6. The Balaban J connectivity index is 0. The predicted molar refractivity (Wildman–Crippen MR) is 73.0 cm³/mol. The summed E-state index contributed by atoms with van der Waals surface area (Å²) in [5.74, 6) is 0. The van der Waals surface area contributed by atoms with E-state index < -0.39 is 10.0 Å². The summed E-state index contributed by atoms with van der Waals surface area (Å²) in [7, 11) is -3.10. The van der Waals surface area contributed by atoms with Crippen LogP contribution in [0.3, 0.4) is 0 Å². The van der Waals surface area contributed by atoms with E-state index in [1.807, 2.05) is 25.1 Å². The molecule has 0 aliphatic rings. The summed E-state index contributed by atoms with van der Waals surface area (Å²) in [4.78, 5) is 2.14. The molecule has 1 rings (SSSR count). The molecule has 0 aliphatic carbocycles. The van der Waals surface area contributed by atoms with Crippen LogP contribution < -0.4 is 39.2 Å². The summed E-state index contributed by atoms with van der Waals surface area (Å²) >= 11 is 0. The van der Waals surface area contributed by atoms with E-state index in [4.69, 9.17) is 0 Å². The molecule has 0 radical (unpaired) electrons. The van der Waals surface area contributed by atoms with Crippen LogP contribution in [0.5, 0.6) is 0 Å². The summed E-state index contributed by atoms with van der Waals surface area (Å²) in [5.41, 5.74) is 2.33. The van der Waals surface area contributed by atoms with E-state index in [1.54, 1.807) is 0 Å². The second kappa shape index (κ2) is 8.17. The summed E-state index contributed by atoms with van der Waals surface area (Å²) in [5, 5.41) is 0. The molecule has 18 heavy (non-hydrogen) atoms. The van der Waals surface area contributed by atoms with Gasteiger partial charge in [-0.2, -0.15) is 0 Å². The fraction of sp³-hybridized carbons (Fsp3) is 0.500. The molecule has 0 spiro atoms. The van der Waals surface area contributed by atoms with Crippen molar-refractivity contribution in [2.75, 3.05) is 30.8 Å². The Hall–Kier alpha value is -0.0700. The van der Waals surface area contributed by atoms with Gasteiger partial charge in [0.2, 0.25) is 10.0 Å². The van der Waals surface area contributed by atoms with Crippen molar-refractivity contribution in [2.24, 2.45) is 0 Å². The largest absolute Gasteiger partial charge is 1.00 e. The van der Waals surface area contributed by atoms with Crippen molar-refractivity contribution < 1.29 is 39.4 Å². The van der Waals surface area contributed by atoms with Gasteiger partial charge < -0.3 is 6.33 Å². The maximum atomic E-state index is 11.0. The fourth-order valence-corrected chi connectivity index (χ4v) is 2.12. The van der Waals surface area contributed by atoms with Gasteiger partial charge in [0.1, 0.15) is 0 Å². The molecule has 0 fully saturated rings. The molecule has 6 heteroatoms. The summed E-state index contributed by atoms with van der Waals surface area (Å²) in [6.07, 6.45) is 1.18. The van der Waals surface area contributed by atoms with Crippen molar-refractivity contribution in [3.63, 3.8) is 0 Å². The van der Waals surface area contributed by atoms with Gasteiger partial charge in [-0.25, -0.2) is 13.1 Å². The van der Waals surface area contributed by atoms with E-state index in [0.717, 1.165) is 12.2 Å². The van der Waals surface area contributed by atoms with E-state index in [9.17, 15) is 8.42 Å². The second-order valence-corrected chi connectivity index (χ2v) is 5.92. The van der Waals surface area contributed by atoms with E-state index in [1.165, 1.54) is 11.8 Å². The molecule has 0 saturated carbocycles. The molecule has 0 heterocycles. The number of hydrogen-bond donors (Lipinski definition) is 1. The Morgan fingerprint density at radius 1 is 1.39 bits per heavy atom. The first-order valence-corrected chi connectivity index (χ1v) is 7.58. The average molecular weight is 280 g/mol. The van der Waals surface area contributed by atoms with Crippen molar-refractivity contribution in [1.29, 1.82) is 0 Å². The first kappa shape index (κ1) is 17.9.